The molecule has 1 fully saturated rings. The number of nitrogens with one attached hydrogen (secondary N) is 1. The first-order valence-corrected chi connectivity index (χ1v) is 6.91. The number of nitriles is 1. The van der Waals surface area contributed by atoms with Gasteiger partial charge in [0.1, 0.15) is 11.3 Å². The molecule has 1 saturated carbocycles. The lowest BCUT2D eigenvalue weighted by molar-refractivity contribution is 0.266. The van der Waals surface area contributed by atoms with Crippen LogP contribution in [0, 0.1) is 25.2 Å². The molecule has 1 aliphatic carbocycles. The summed E-state index contributed by atoms with van der Waals surface area (Å²) in [5.41, 5.74) is 1.93. The fourth-order valence-corrected chi connectivity index (χ4v) is 2.23. The zero-order chi connectivity index (χ0) is 13.9. The van der Waals surface area contributed by atoms with Crippen LogP contribution in [0.1, 0.15) is 37.3 Å². The second-order valence-electron chi connectivity index (χ2n) is 5.78. The Morgan fingerprint density at radius 2 is 1.95 bits per heavy atom. The average Bonchev–Trinajstić information content (AvgIpc) is 3.11. The summed E-state index contributed by atoms with van der Waals surface area (Å²) >= 11 is 0. The van der Waals surface area contributed by atoms with Gasteiger partial charge in [0.2, 0.25) is 0 Å². The zero-order valence-corrected chi connectivity index (χ0v) is 12.0. The number of benzene rings is 1. The highest BCUT2D eigenvalue weighted by molar-refractivity contribution is 5.33. The maximum absolute atomic E-state index is 9.28. The van der Waals surface area contributed by atoms with Crippen LogP contribution in [0.15, 0.2) is 18.2 Å². The van der Waals surface area contributed by atoms with Crippen molar-refractivity contribution in [3.63, 3.8) is 0 Å². The van der Waals surface area contributed by atoms with Crippen LogP contribution in [-0.2, 0) is 0 Å². The predicted octanol–water partition coefficient (Wildman–Crippen LogP) is 3.11. The highest BCUT2D eigenvalue weighted by Gasteiger charge is 2.32. The quantitative estimate of drug-likeness (QED) is 0.852. The van der Waals surface area contributed by atoms with E-state index in [2.05, 4.69) is 31.3 Å². The smallest absolute Gasteiger partial charge is 0.119 e. The van der Waals surface area contributed by atoms with E-state index in [4.69, 9.17) is 4.74 Å². The van der Waals surface area contributed by atoms with Gasteiger partial charge in [-0.05, 0) is 56.9 Å². The van der Waals surface area contributed by atoms with Crippen LogP contribution >= 0.6 is 0 Å². The molecule has 1 aromatic carbocycles. The zero-order valence-electron chi connectivity index (χ0n) is 12.0. The minimum atomic E-state index is -0.472. The summed E-state index contributed by atoms with van der Waals surface area (Å²) < 4.78 is 5.78. The first-order valence-electron chi connectivity index (χ1n) is 6.91. The molecule has 0 bridgehead atoms. The van der Waals surface area contributed by atoms with Crippen LogP contribution in [0.25, 0.3) is 0 Å². The maximum Gasteiger partial charge on any atom is 0.119 e. The second-order valence-corrected chi connectivity index (χ2v) is 5.78. The Hall–Kier alpha value is -1.53. The van der Waals surface area contributed by atoms with Crippen molar-refractivity contribution in [2.24, 2.45) is 0 Å². The summed E-state index contributed by atoms with van der Waals surface area (Å²) in [6, 6.07) is 9.09. The first-order chi connectivity index (χ1) is 9.00. The molecule has 102 valence electrons. The van der Waals surface area contributed by atoms with Crippen molar-refractivity contribution in [1.29, 1.82) is 5.26 Å². The molecule has 2 rings (SSSR count). The Labute approximate surface area is 115 Å². The molecule has 3 nitrogen and oxygen atoms in total. The van der Waals surface area contributed by atoms with Gasteiger partial charge in [0.05, 0.1) is 12.7 Å². The summed E-state index contributed by atoms with van der Waals surface area (Å²) in [6.45, 7) is 6.64. The SMILES string of the molecule is Cc1cc(C)cc(OCCC(C)(C#N)NC2CC2)c1. The molecule has 1 aliphatic rings. The van der Waals surface area contributed by atoms with Crippen molar-refractivity contribution in [2.45, 2.75) is 51.6 Å². The molecule has 0 spiro atoms. The fourth-order valence-electron chi connectivity index (χ4n) is 2.23. The monoisotopic (exact) mass is 258 g/mol. The van der Waals surface area contributed by atoms with Gasteiger partial charge in [-0.2, -0.15) is 5.26 Å². The van der Waals surface area contributed by atoms with Crippen molar-refractivity contribution in [1.82, 2.24) is 5.32 Å². The van der Waals surface area contributed by atoms with Gasteiger partial charge in [0.25, 0.3) is 0 Å². The third kappa shape index (κ3) is 4.25. The van der Waals surface area contributed by atoms with Gasteiger partial charge >= 0.3 is 0 Å². The van der Waals surface area contributed by atoms with Crippen molar-refractivity contribution >= 4 is 0 Å². The van der Waals surface area contributed by atoms with Crippen LogP contribution < -0.4 is 10.1 Å². The summed E-state index contributed by atoms with van der Waals surface area (Å²) in [5.74, 6) is 0.893. The number of hydrogen-bond acceptors (Lipinski definition) is 3. The van der Waals surface area contributed by atoms with E-state index in [1.54, 1.807) is 0 Å². The van der Waals surface area contributed by atoms with Crippen molar-refractivity contribution in [2.75, 3.05) is 6.61 Å². The largest absolute Gasteiger partial charge is 0.493 e. The van der Waals surface area contributed by atoms with E-state index in [0.29, 0.717) is 19.1 Å². The molecule has 0 radical (unpaired) electrons. The van der Waals surface area contributed by atoms with Gasteiger partial charge in [0.15, 0.2) is 0 Å². The molecule has 0 aliphatic heterocycles. The predicted molar refractivity (Wildman–Crippen MR) is 76.2 cm³/mol. The van der Waals surface area contributed by atoms with Gasteiger partial charge in [0, 0.05) is 12.5 Å². The van der Waals surface area contributed by atoms with E-state index in [0.717, 1.165) is 5.75 Å². The van der Waals surface area contributed by atoms with E-state index >= 15 is 0 Å². The molecular formula is C16H22N2O. The third-order valence-electron chi connectivity index (χ3n) is 3.41. The fraction of sp³-hybridized carbons (Fsp3) is 0.562. The van der Waals surface area contributed by atoms with E-state index in [9.17, 15) is 5.26 Å². The number of ether oxygens (including phenoxy) is 1. The summed E-state index contributed by atoms with van der Waals surface area (Å²) in [5, 5.41) is 12.7. The number of hydrogen-bond donors (Lipinski definition) is 1. The van der Waals surface area contributed by atoms with E-state index in [1.165, 1.54) is 24.0 Å². The van der Waals surface area contributed by atoms with Gasteiger partial charge in [-0.1, -0.05) is 6.07 Å². The van der Waals surface area contributed by atoms with Crippen LogP contribution in [0.3, 0.4) is 0 Å². The van der Waals surface area contributed by atoms with Crippen molar-refractivity contribution < 1.29 is 4.74 Å². The Bertz CT molecular complexity index is 468. The number of aryl methyl sites for hydroxylation is 2. The van der Waals surface area contributed by atoms with E-state index < -0.39 is 5.54 Å². The molecule has 0 amide bonds. The lowest BCUT2D eigenvalue weighted by Gasteiger charge is -2.23. The first kappa shape index (κ1) is 13.9. The molecule has 0 heterocycles. The van der Waals surface area contributed by atoms with Crippen molar-refractivity contribution in [3.8, 4) is 11.8 Å². The average molecular weight is 258 g/mol. The van der Waals surface area contributed by atoms with Crippen LogP contribution in [-0.4, -0.2) is 18.2 Å². The molecule has 19 heavy (non-hydrogen) atoms. The highest BCUT2D eigenvalue weighted by Crippen LogP contribution is 2.24. The third-order valence-corrected chi connectivity index (χ3v) is 3.41. The van der Waals surface area contributed by atoms with Gasteiger partial charge in [-0.3, -0.25) is 5.32 Å². The molecular weight excluding hydrogens is 236 g/mol. The molecule has 1 aromatic rings. The molecule has 0 saturated heterocycles. The normalized spacial score (nSPS) is 17.6. The lowest BCUT2D eigenvalue weighted by Crippen LogP contribution is -2.43. The summed E-state index contributed by atoms with van der Waals surface area (Å²) in [4.78, 5) is 0. The lowest BCUT2D eigenvalue weighted by atomic mass is 10.0. The standard InChI is InChI=1S/C16H22N2O/c1-12-8-13(2)10-15(9-12)19-7-6-16(3,11-17)18-14-4-5-14/h8-10,14,18H,4-7H2,1-3H3. The van der Waals surface area contributed by atoms with Gasteiger partial charge in [-0.15, -0.1) is 0 Å². The van der Waals surface area contributed by atoms with E-state index in [-0.39, 0.29) is 0 Å². The molecule has 3 heteroatoms. The Morgan fingerprint density at radius 3 is 2.47 bits per heavy atom. The van der Waals surface area contributed by atoms with Crippen molar-refractivity contribution in [3.05, 3.63) is 29.3 Å². The Morgan fingerprint density at radius 1 is 1.32 bits per heavy atom. The van der Waals surface area contributed by atoms with Crippen LogP contribution in [0.4, 0.5) is 0 Å². The van der Waals surface area contributed by atoms with Crippen LogP contribution in [0.2, 0.25) is 0 Å². The molecule has 1 unspecified atom stereocenters. The van der Waals surface area contributed by atoms with Gasteiger partial charge < -0.3 is 4.74 Å². The Kier molecular flexibility index (Phi) is 4.11. The minimum absolute atomic E-state index is 0.472. The summed E-state index contributed by atoms with van der Waals surface area (Å²) in [6.07, 6.45) is 3.08. The molecule has 1 N–H and O–H groups in total. The summed E-state index contributed by atoms with van der Waals surface area (Å²) in [7, 11) is 0. The highest BCUT2D eigenvalue weighted by atomic mass is 16.5. The Balaban J connectivity index is 1.86. The number of rotatable bonds is 6. The maximum atomic E-state index is 9.28. The molecule has 0 aromatic heterocycles. The van der Waals surface area contributed by atoms with E-state index in [1.807, 2.05) is 19.1 Å². The minimum Gasteiger partial charge on any atom is -0.493 e. The number of nitrogens with zero attached hydrogens (tertiary/aromatic N) is 1. The second kappa shape index (κ2) is 5.63. The molecule has 1 atom stereocenters. The van der Waals surface area contributed by atoms with Crippen LogP contribution in [0.5, 0.6) is 5.75 Å². The topological polar surface area (TPSA) is 45.0 Å². The van der Waals surface area contributed by atoms with Gasteiger partial charge in [-0.25, -0.2) is 0 Å².